The van der Waals surface area contributed by atoms with Gasteiger partial charge in [0.05, 0.1) is 11.9 Å². The van der Waals surface area contributed by atoms with Gasteiger partial charge in [-0.05, 0) is 42.7 Å². The molecule has 17 heavy (non-hydrogen) atoms. The zero-order chi connectivity index (χ0) is 12.3. The van der Waals surface area contributed by atoms with Crippen molar-refractivity contribution >= 4 is 0 Å². The number of phenolic OH excluding ortho intramolecular Hbond substituents is 1. The maximum atomic E-state index is 9.26. The fraction of sp³-hybridized carbons (Fsp3) is 0.308. The summed E-state index contributed by atoms with van der Waals surface area (Å²) in [6.45, 7) is 2.07. The van der Waals surface area contributed by atoms with Crippen LogP contribution in [0.1, 0.15) is 18.9 Å². The summed E-state index contributed by atoms with van der Waals surface area (Å²) >= 11 is 0. The van der Waals surface area contributed by atoms with Crippen LogP contribution in [0.4, 0.5) is 0 Å². The third kappa shape index (κ3) is 2.65. The number of phenols is 1. The van der Waals surface area contributed by atoms with Crippen LogP contribution >= 0.6 is 0 Å². The zero-order valence-electron chi connectivity index (χ0n) is 9.85. The molecule has 1 unspecified atom stereocenters. The Morgan fingerprint density at radius 3 is 2.71 bits per heavy atom. The summed E-state index contributed by atoms with van der Waals surface area (Å²) in [4.78, 5) is 0. The van der Waals surface area contributed by atoms with Crippen LogP contribution in [0.15, 0.2) is 30.5 Å². The Bertz CT molecular complexity index is 476. The predicted molar refractivity (Wildman–Crippen MR) is 67.7 cm³/mol. The highest BCUT2D eigenvalue weighted by Gasteiger charge is 2.10. The quantitative estimate of drug-likeness (QED) is 0.754. The van der Waals surface area contributed by atoms with Crippen LogP contribution in [0.3, 0.4) is 0 Å². The minimum absolute atomic E-state index is 0.156. The highest BCUT2D eigenvalue weighted by molar-refractivity contribution is 5.63. The number of nitrogens with zero attached hydrogens (tertiary/aromatic N) is 1. The van der Waals surface area contributed by atoms with E-state index in [0.717, 1.165) is 29.7 Å². The molecule has 0 fully saturated rings. The number of rotatable bonds is 4. The van der Waals surface area contributed by atoms with Crippen molar-refractivity contribution in [2.45, 2.75) is 25.8 Å². The molecule has 0 saturated carbocycles. The second-order valence-electron chi connectivity index (χ2n) is 4.19. The van der Waals surface area contributed by atoms with Gasteiger partial charge in [0.2, 0.25) is 0 Å². The molecule has 0 radical (unpaired) electrons. The SMILES string of the molecule is CCC(N)Cc1cn[nH]c1-c1ccc(O)cc1. The highest BCUT2D eigenvalue weighted by atomic mass is 16.3. The molecule has 90 valence electrons. The van der Waals surface area contributed by atoms with E-state index in [9.17, 15) is 5.11 Å². The Morgan fingerprint density at radius 1 is 1.35 bits per heavy atom. The maximum absolute atomic E-state index is 9.26. The summed E-state index contributed by atoms with van der Waals surface area (Å²) < 4.78 is 0. The van der Waals surface area contributed by atoms with Gasteiger partial charge >= 0.3 is 0 Å². The number of nitrogens with one attached hydrogen (secondary N) is 1. The molecule has 4 N–H and O–H groups in total. The average molecular weight is 231 g/mol. The summed E-state index contributed by atoms with van der Waals surface area (Å²) in [6.07, 6.45) is 3.57. The monoisotopic (exact) mass is 231 g/mol. The van der Waals surface area contributed by atoms with E-state index in [4.69, 9.17) is 5.73 Å². The van der Waals surface area contributed by atoms with Crippen molar-refractivity contribution in [3.63, 3.8) is 0 Å². The second kappa shape index (κ2) is 5.01. The van der Waals surface area contributed by atoms with Crippen molar-refractivity contribution in [2.24, 2.45) is 5.73 Å². The Kier molecular flexibility index (Phi) is 3.44. The average Bonchev–Trinajstić information content (AvgIpc) is 2.78. The molecule has 0 saturated heterocycles. The van der Waals surface area contributed by atoms with Gasteiger partial charge in [-0.3, -0.25) is 5.10 Å². The minimum Gasteiger partial charge on any atom is -0.508 e. The summed E-state index contributed by atoms with van der Waals surface area (Å²) in [6, 6.07) is 7.22. The van der Waals surface area contributed by atoms with E-state index >= 15 is 0 Å². The summed E-state index contributed by atoms with van der Waals surface area (Å²) in [7, 11) is 0. The first kappa shape index (κ1) is 11.7. The number of hydrogen-bond donors (Lipinski definition) is 3. The fourth-order valence-electron chi connectivity index (χ4n) is 1.77. The van der Waals surface area contributed by atoms with Crippen LogP contribution in [0.25, 0.3) is 11.3 Å². The fourth-order valence-corrected chi connectivity index (χ4v) is 1.77. The third-order valence-electron chi connectivity index (χ3n) is 2.88. The van der Waals surface area contributed by atoms with Crippen LogP contribution < -0.4 is 5.73 Å². The Hall–Kier alpha value is -1.81. The van der Waals surface area contributed by atoms with E-state index in [1.54, 1.807) is 12.1 Å². The molecular weight excluding hydrogens is 214 g/mol. The second-order valence-corrected chi connectivity index (χ2v) is 4.19. The van der Waals surface area contributed by atoms with Crippen molar-refractivity contribution < 1.29 is 5.11 Å². The smallest absolute Gasteiger partial charge is 0.115 e. The number of H-pyrrole nitrogens is 1. The first-order chi connectivity index (χ1) is 8.20. The van der Waals surface area contributed by atoms with Gasteiger partial charge in [0.15, 0.2) is 0 Å². The molecule has 1 aromatic heterocycles. The van der Waals surface area contributed by atoms with Crippen LogP contribution in [0.5, 0.6) is 5.75 Å². The normalized spacial score (nSPS) is 12.6. The number of benzene rings is 1. The summed E-state index contributed by atoms with van der Waals surface area (Å²) in [5, 5.41) is 16.3. The number of aromatic hydroxyl groups is 1. The summed E-state index contributed by atoms with van der Waals surface area (Å²) in [5.74, 6) is 0.264. The summed E-state index contributed by atoms with van der Waals surface area (Å²) in [5.41, 5.74) is 9.06. The molecular formula is C13H17N3O. The van der Waals surface area contributed by atoms with Gasteiger partial charge < -0.3 is 10.8 Å². The minimum atomic E-state index is 0.156. The molecule has 1 atom stereocenters. The maximum Gasteiger partial charge on any atom is 0.115 e. The molecule has 0 aliphatic carbocycles. The molecule has 0 amide bonds. The van der Waals surface area contributed by atoms with Crippen LogP contribution in [0, 0.1) is 0 Å². The number of aromatic nitrogens is 2. The van der Waals surface area contributed by atoms with Gasteiger partial charge in [0.1, 0.15) is 5.75 Å². The molecule has 0 aliphatic heterocycles. The van der Waals surface area contributed by atoms with Crippen molar-refractivity contribution in [1.82, 2.24) is 10.2 Å². The van der Waals surface area contributed by atoms with E-state index in [0.29, 0.717) is 0 Å². The van der Waals surface area contributed by atoms with Gasteiger partial charge in [-0.15, -0.1) is 0 Å². The lowest BCUT2D eigenvalue weighted by Crippen LogP contribution is -2.21. The molecule has 4 heteroatoms. The van der Waals surface area contributed by atoms with Crippen LogP contribution in [-0.2, 0) is 6.42 Å². The van der Waals surface area contributed by atoms with Gasteiger partial charge in [0, 0.05) is 11.6 Å². The predicted octanol–water partition coefficient (Wildman–Crippen LogP) is 2.06. The van der Waals surface area contributed by atoms with Crippen molar-refractivity contribution in [2.75, 3.05) is 0 Å². The molecule has 1 heterocycles. The van der Waals surface area contributed by atoms with Gasteiger partial charge in [-0.2, -0.15) is 5.10 Å². The topological polar surface area (TPSA) is 74.9 Å². The highest BCUT2D eigenvalue weighted by Crippen LogP contribution is 2.24. The van der Waals surface area contributed by atoms with Crippen molar-refractivity contribution in [3.8, 4) is 17.0 Å². The lowest BCUT2D eigenvalue weighted by molar-refractivity contribution is 0.475. The molecule has 1 aromatic carbocycles. The zero-order valence-corrected chi connectivity index (χ0v) is 9.85. The van der Waals surface area contributed by atoms with Crippen molar-refractivity contribution in [1.29, 1.82) is 0 Å². The molecule has 0 aliphatic rings. The van der Waals surface area contributed by atoms with E-state index in [1.165, 1.54) is 0 Å². The molecule has 2 aromatic rings. The van der Waals surface area contributed by atoms with Crippen LogP contribution in [-0.4, -0.2) is 21.3 Å². The third-order valence-corrected chi connectivity index (χ3v) is 2.88. The first-order valence-electron chi connectivity index (χ1n) is 5.78. The number of hydrogen-bond acceptors (Lipinski definition) is 3. The number of nitrogens with two attached hydrogens (primary N) is 1. The Balaban J connectivity index is 2.27. The number of aromatic amines is 1. The van der Waals surface area contributed by atoms with E-state index in [2.05, 4.69) is 17.1 Å². The van der Waals surface area contributed by atoms with E-state index in [1.807, 2.05) is 18.3 Å². The lowest BCUT2D eigenvalue weighted by Gasteiger charge is -2.08. The molecule has 2 rings (SSSR count). The Morgan fingerprint density at radius 2 is 2.06 bits per heavy atom. The molecule has 4 nitrogen and oxygen atoms in total. The van der Waals surface area contributed by atoms with E-state index < -0.39 is 0 Å². The molecule has 0 bridgehead atoms. The van der Waals surface area contributed by atoms with Crippen molar-refractivity contribution in [3.05, 3.63) is 36.0 Å². The standard InChI is InChI=1S/C13H17N3O/c1-2-11(14)7-10-8-15-16-13(10)9-3-5-12(17)6-4-9/h3-6,8,11,17H,2,7,14H2,1H3,(H,15,16). The van der Waals surface area contributed by atoms with Crippen LogP contribution in [0.2, 0.25) is 0 Å². The van der Waals surface area contributed by atoms with Gasteiger partial charge in [-0.25, -0.2) is 0 Å². The van der Waals surface area contributed by atoms with E-state index in [-0.39, 0.29) is 11.8 Å². The lowest BCUT2D eigenvalue weighted by atomic mass is 10.0. The molecule has 0 spiro atoms. The van der Waals surface area contributed by atoms with Gasteiger partial charge in [-0.1, -0.05) is 6.92 Å². The Labute approximate surface area is 100 Å². The largest absolute Gasteiger partial charge is 0.508 e. The van der Waals surface area contributed by atoms with Gasteiger partial charge in [0.25, 0.3) is 0 Å². The first-order valence-corrected chi connectivity index (χ1v) is 5.78.